The Bertz CT molecular complexity index is 531. The van der Waals surface area contributed by atoms with Crippen LogP contribution in [0.4, 0.5) is 0 Å². The van der Waals surface area contributed by atoms with Gasteiger partial charge in [0, 0.05) is 0 Å². The van der Waals surface area contributed by atoms with E-state index in [1.165, 1.54) is 0 Å². The number of rotatable bonds is 7. The molecule has 0 bridgehead atoms. The molecule has 2 atom stereocenters. The topological polar surface area (TPSA) is 75.6 Å². The highest BCUT2D eigenvalue weighted by atomic mass is 16.5. The first-order chi connectivity index (χ1) is 10.3. The lowest BCUT2D eigenvalue weighted by molar-refractivity contribution is -0.143. The minimum Gasteiger partial charge on any atom is -0.496 e. The molecule has 0 heterocycles. The molecule has 1 aromatic carbocycles. The summed E-state index contributed by atoms with van der Waals surface area (Å²) in [6.45, 7) is 7.57. The second-order valence-electron chi connectivity index (χ2n) is 5.71. The number of nitrogens with one attached hydrogen (secondary N) is 1. The molecule has 122 valence electrons. The van der Waals surface area contributed by atoms with Crippen LogP contribution in [0.3, 0.4) is 0 Å². The number of methoxy groups -OCH3 is 1. The Kier molecular flexibility index (Phi) is 6.40. The van der Waals surface area contributed by atoms with Gasteiger partial charge in [0.25, 0.3) is 0 Å². The molecule has 1 rings (SSSR count). The van der Waals surface area contributed by atoms with Gasteiger partial charge in [-0.05, 0) is 36.5 Å². The molecule has 0 aromatic heterocycles. The number of carbonyl (C=O) groups is 2. The normalized spacial score (nSPS) is 13.3. The van der Waals surface area contributed by atoms with Gasteiger partial charge < -0.3 is 15.2 Å². The number of hydrogen-bond donors (Lipinski definition) is 2. The number of benzene rings is 1. The maximum atomic E-state index is 12.1. The molecular formula is C17H25NO4. The van der Waals surface area contributed by atoms with Gasteiger partial charge in [-0.2, -0.15) is 0 Å². The van der Waals surface area contributed by atoms with E-state index < -0.39 is 12.0 Å². The average Bonchev–Trinajstić information content (AvgIpc) is 2.43. The van der Waals surface area contributed by atoms with Gasteiger partial charge in [-0.1, -0.05) is 32.4 Å². The highest BCUT2D eigenvalue weighted by molar-refractivity contribution is 5.85. The molecular weight excluding hydrogens is 282 g/mol. The lowest BCUT2D eigenvalue weighted by Crippen LogP contribution is -2.45. The fraction of sp³-hybridized carbons (Fsp3) is 0.529. The highest BCUT2D eigenvalue weighted by Crippen LogP contribution is 2.24. The minimum atomic E-state index is -0.996. The molecule has 5 nitrogen and oxygen atoms in total. The Morgan fingerprint density at radius 3 is 2.23 bits per heavy atom. The van der Waals surface area contributed by atoms with Crippen molar-refractivity contribution in [3.63, 3.8) is 0 Å². The molecule has 0 radical (unpaired) electrons. The largest absolute Gasteiger partial charge is 0.496 e. The molecule has 22 heavy (non-hydrogen) atoms. The molecule has 1 amide bonds. The Morgan fingerprint density at radius 1 is 1.27 bits per heavy atom. The molecule has 1 aromatic rings. The highest BCUT2D eigenvalue weighted by Gasteiger charge is 2.25. The quantitative estimate of drug-likeness (QED) is 0.811. The van der Waals surface area contributed by atoms with Gasteiger partial charge in [0.2, 0.25) is 5.91 Å². The van der Waals surface area contributed by atoms with Gasteiger partial charge >= 0.3 is 5.97 Å². The van der Waals surface area contributed by atoms with Crippen LogP contribution < -0.4 is 10.1 Å². The summed E-state index contributed by atoms with van der Waals surface area (Å²) in [5, 5.41) is 11.8. The molecule has 0 saturated carbocycles. The summed E-state index contributed by atoms with van der Waals surface area (Å²) < 4.78 is 5.30. The van der Waals surface area contributed by atoms with Gasteiger partial charge in [-0.3, -0.25) is 4.79 Å². The number of hydrogen-bond acceptors (Lipinski definition) is 3. The number of aryl methyl sites for hydroxylation is 2. The summed E-state index contributed by atoms with van der Waals surface area (Å²) in [5.41, 5.74) is 2.77. The summed E-state index contributed by atoms with van der Waals surface area (Å²) in [4.78, 5) is 23.4. The lowest BCUT2D eigenvalue weighted by atomic mass is 9.98. The monoisotopic (exact) mass is 307 g/mol. The van der Waals surface area contributed by atoms with Crippen molar-refractivity contribution in [2.24, 2.45) is 5.92 Å². The molecule has 0 spiro atoms. The van der Waals surface area contributed by atoms with E-state index in [-0.39, 0.29) is 18.2 Å². The van der Waals surface area contributed by atoms with E-state index in [0.29, 0.717) is 6.42 Å². The zero-order valence-corrected chi connectivity index (χ0v) is 13.9. The summed E-state index contributed by atoms with van der Waals surface area (Å²) >= 11 is 0. The van der Waals surface area contributed by atoms with Crippen LogP contribution in [-0.2, 0) is 16.0 Å². The molecule has 0 aliphatic carbocycles. The van der Waals surface area contributed by atoms with E-state index in [2.05, 4.69) is 5.32 Å². The molecule has 0 fully saturated rings. The van der Waals surface area contributed by atoms with Gasteiger partial charge in [0.05, 0.1) is 13.5 Å². The van der Waals surface area contributed by atoms with Crippen LogP contribution >= 0.6 is 0 Å². The summed E-state index contributed by atoms with van der Waals surface area (Å²) in [5.74, 6) is -0.575. The van der Waals surface area contributed by atoms with Crippen molar-refractivity contribution < 1.29 is 19.4 Å². The second-order valence-corrected chi connectivity index (χ2v) is 5.71. The van der Waals surface area contributed by atoms with E-state index in [4.69, 9.17) is 4.74 Å². The van der Waals surface area contributed by atoms with E-state index >= 15 is 0 Å². The van der Waals surface area contributed by atoms with Crippen molar-refractivity contribution in [1.29, 1.82) is 0 Å². The molecule has 5 heteroatoms. The summed E-state index contributed by atoms with van der Waals surface area (Å²) in [7, 11) is 1.62. The number of ether oxygens (including phenoxy) is 1. The van der Waals surface area contributed by atoms with Crippen LogP contribution in [0.5, 0.6) is 5.75 Å². The first-order valence-electron chi connectivity index (χ1n) is 7.46. The van der Waals surface area contributed by atoms with E-state index in [1.807, 2.05) is 39.8 Å². The fourth-order valence-corrected chi connectivity index (χ4v) is 2.56. The van der Waals surface area contributed by atoms with Crippen LogP contribution in [0.2, 0.25) is 0 Å². The van der Waals surface area contributed by atoms with Crippen molar-refractivity contribution in [1.82, 2.24) is 5.32 Å². The molecule has 0 aliphatic rings. The maximum Gasteiger partial charge on any atom is 0.326 e. The number of carboxylic acids is 1. The molecule has 0 saturated heterocycles. The molecule has 2 N–H and O–H groups in total. The van der Waals surface area contributed by atoms with Crippen LogP contribution in [0.25, 0.3) is 0 Å². The standard InChI is InChI=1S/C17H25NO4/c1-6-10(2)15(17(20)21)18-14(19)9-13-7-11(3)16(22-5)12(4)8-13/h7-8,10,15H,6,9H2,1-5H3,(H,18,19)(H,20,21)/t10-,15-/m0/s1. The van der Waals surface area contributed by atoms with E-state index in [9.17, 15) is 14.7 Å². The van der Waals surface area contributed by atoms with Crippen LogP contribution in [-0.4, -0.2) is 30.1 Å². The Labute approximate surface area is 131 Å². The summed E-state index contributed by atoms with van der Waals surface area (Å²) in [6.07, 6.45) is 0.851. The van der Waals surface area contributed by atoms with Crippen molar-refractivity contribution in [3.05, 3.63) is 28.8 Å². The maximum absolute atomic E-state index is 12.1. The third kappa shape index (κ3) is 4.48. The first kappa shape index (κ1) is 18.0. The Morgan fingerprint density at radius 2 is 1.82 bits per heavy atom. The predicted octanol–water partition coefficient (Wildman–Crippen LogP) is 2.47. The SMILES string of the molecule is CC[C@H](C)[C@H](NC(=O)Cc1cc(C)c(OC)c(C)c1)C(=O)O. The number of carbonyl (C=O) groups excluding carboxylic acids is 1. The lowest BCUT2D eigenvalue weighted by Gasteiger charge is -2.20. The van der Waals surface area contributed by atoms with Gasteiger partial charge in [-0.25, -0.2) is 4.79 Å². The van der Waals surface area contributed by atoms with Crippen molar-refractivity contribution in [2.75, 3.05) is 7.11 Å². The van der Waals surface area contributed by atoms with Crippen molar-refractivity contribution >= 4 is 11.9 Å². The summed E-state index contributed by atoms with van der Waals surface area (Å²) in [6, 6.07) is 2.94. The van der Waals surface area contributed by atoms with Crippen molar-refractivity contribution in [3.8, 4) is 5.75 Å². The molecule has 0 unspecified atom stereocenters. The van der Waals surface area contributed by atoms with Crippen LogP contribution in [0, 0.1) is 19.8 Å². The minimum absolute atomic E-state index is 0.110. The Hall–Kier alpha value is -2.04. The number of amides is 1. The average molecular weight is 307 g/mol. The van der Waals surface area contributed by atoms with Gasteiger partial charge in [0.15, 0.2) is 0 Å². The molecule has 0 aliphatic heterocycles. The van der Waals surface area contributed by atoms with Gasteiger partial charge in [-0.15, -0.1) is 0 Å². The van der Waals surface area contributed by atoms with Crippen LogP contribution in [0.15, 0.2) is 12.1 Å². The fourth-order valence-electron chi connectivity index (χ4n) is 2.56. The Balaban J connectivity index is 2.82. The second kappa shape index (κ2) is 7.82. The predicted molar refractivity (Wildman–Crippen MR) is 85.2 cm³/mol. The van der Waals surface area contributed by atoms with Crippen molar-refractivity contribution in [2.45, 2.75) is 46.6 Å². The van der Waals surface area contributed by atoms with Crippen LogP contribution in [0.1, 0.15) is 37.0 Å². The smallest absolute Gasteiger partial charge is 0.326 e. The third-order valence-electron chi connectivity index (χ3n) is 3.88. The number of aliphatic carboxylic acids is 1. The zero-order valence-electron chi connectivity index (χ0n) is 13.9. The number of carboxylic acid groups (broad SMARTS) is 1. The van der Waals surface area contributed by atoms with E-state index in [1.54, 1.807) is 7.11 Å². The third-order valence-corrected chi connectivity index (χ3v) is 3.88. The van der Waals surface area contributed by atoms with E-state index in [0.717, 1.165) is 22.4 Å². The zero-order chi connectivity index (χ0) is 16.9. The first-order valence-corrected chi connectivity index (χ1v) is 7.46. The van der Waals surface area contributed by atoms with Gasteiger partial charge in [0.1, 0.15) is 11.8 Å².